The standard InChI is InChI=1S/C25H26F3N5O2.C8H14FN.C5H11N/c1-6-18(34)33-11-10-15(13-33)32(4)23-17-12-29-21(20(26)22(17)30-24(31-23)35-5)16-9-7-8-14(2)19(16)25(3,27)28;1-8-3-2-4-10(8)6-7(9)5-8;1-5-3-4-6(5)2/h6-9,12,15H,1,10-11,13H2,2-5H3;7H,2-6H2,1H3;5H,3-4H2,1-2H3. The number of hydrogen-bond acceptors (Lipinski definition) is 8. The highest BCUT2D eigenvalue weighted by molar-refractivity contribution is 5.92. The van der Waals surface area contributed by atoms with Gasteiger partial charge in [-0.2, -0.15) is 9.97 Å². The van der Waals surface area contributed by atoms with Crippen molar-refractivity contribution < 1.29 is 27.1 Å². The third-order valence-corrected chi connectivity index (χ3v) is 11.0. The first kappa shape index (κ1) is 38.4. The molecular weight excluding hydrogens is 662 g/mol. The van der Waals surface area contributed by atoms with Crippen LogP contribution in [0.1, 0.15) is 64.0 Å². The number of amides is 1. The Morgan fingerprint density at radius 2 is 1.90 bits per heavy atom. The van der Waals surface area contributed by atoms with Crippen LogP contribution in [0.4, 0.5) is 23.4 Å². The van der Waals surface area contributed by atoms with E-state index >= 15 is 4.39 Å². The first-order valence-electron chi connectivity index (χ1n) is 17.7. The molecule has 4 aliphatic rings. The topological polar surface area (TPSA) is 77.9 Å². The molecule has 51 heavy (non-hydrogen) atoms. The number of likely N-dealkylation sites (N-methyl/N-ethyl adjacent to an activating group) is 1. The highest BCUT2D eigenvalue weighted by Gasteiger charge is 2.44. The van der Waals surface area contributed by atoms with Crippen molar-refractivity contribution in [3.05, 3.63) is 54.0 Å². The average molecular weight is 714 g/mol. The summed E-state index contributed by atoms with van der Waals surface area (Å²) in [5.41, 5.74) is -0.0414. The molecule has 0 bridgehead atoms. The van der Waals surface area contributed by atoms with Gasteiger partial charge in [-0.15, -0.1) is 0 Å². The fourth-order valence-electron chi connectivity index (χ4n) is 7.63. The minimum Gasteiger partial charge on any atom is -0.467 e. The Balaban J connectivity index is 0.000000255. The third-order valence-electron chi connectivity index (χ3n) is 11.0. The van der Waals surface area contributed by atoms with E-state index in [9.17, 15) is 18.0 Å². The molecule has 278 valence electrons. The van der Waals surface area contributed by atoms with Crippen molar-refractivity contribution in [3.63, 3.8) is 0 Å². The Bertz CT molecular complexity index is 1730. The number of anilines is 1. The maximum Gasteiger partial charge on any atom is 0.318 e. The van der Waals surface area contributed by atoms with Gasteiger partial charge < -0.3 is 19.4 Å². The molecule has 0 radical (unpaired) electrons. The van der Waals surface area contributed by atoms with E-state index in [1.807, 2.05) is 4.90 Å². The lowest BCUT2D eigenvalue weighted by atomic mass is 9.94. The van der Waals surface area contributed by atoms with Crippen molar-refractivity contribution in [2.75, 3.05) is 58.8 Å². The lowest BCUT2D eigenvalue weighted by molar-refractivity contribution is -0.125. The maximum absolute atomic E-state index is 15.9. The van der Waals surface area contributed by atoms with Gasteiger partial charge in [-0.25, -0.2) is 17.6 Å². The van der Waals surface area contributed by atoms with Crippen LogP contribution in [-0.4, -0.2) is 113 Å². The summed E-state index contributed by atoms with van der Waals surface area (Å²) in [6.45, 7) is 14.4. The maximum atomic E-state index is 15.9. The number of carbonyl (C=O) groups excluding carboxylic acids is 1. The second kappa shape index (κ2) is 15.4. The van der Waals surface area contributed by atoms with E-state index < -0.39 is 17.9 Å². The van der Waals surface area contributed by atoms with Crippen LogP contribution >= 0.6 is 0 Å². The van der Waals surface area contributed by atoms with Gasteiger partial charge in [-0.1, -0.05) is 24.8 Å². The molecule has 1 aromatic carbocycles. The van der Waals surface area contributed by atoms with Crippen molar-refractivity contribution in [1.29, 1.82) is 0 Å². The quantitative estimate of drug-likeness (QED) is 0.205. The van der Waals surface area contributed by atoms with Gasteiger partial charge in [0.05, 0.1) is 12.5 Å². The minimum atomic E-state index is -3.20. The second-order valence-corrected chi connectivity index (χ2v) is 14.6. The number of rotatable bonds is 6. The average Bonchev–Trinajstić information content (AvgIpc) is 3.80. The number of benzene rings is 1. The largest absolute Gasteiger partial charge is 0.467 e. The van der Waals surface area contributed by atoms with Gasteiger partial charge in [0, 0.05) is 68.6 Å². The van der Waals surface area contributed by atoms with Gasteiger partial charge in [0.2, 0.25) is 5.91 Å². The molecular formula is C38H51F4N7O2. The van der Waals surface area contributed by atoms with Gasteiger partial charge in [-0.05, 0) is 84.7 Å². The van der Waals surface area contributed by atoms with Crippen molar-refractivity contribution in [3.8, 4) is 17.3 Å². The molecule has 0 aliphatic carbocycles. The number of halogens is 4. The van der Waals surface area contributed by atoms with Crippen molar-refractivity contribution in [2.24, 2.45) is 0 Å². The molecule has 4 fully saturated rings. The van der Waals surface area contributed by atoms with Gasteiger partial charge in [0.25, 0.3) is 5.92 Å². The number of alkyl halides is 3. The second-order valence-electron chi connectivity index (χ2n) is 14.6. The SMILES string of the molecule is C=CC(=O)N1CCC(N(C)c2nc(OC)nc3c(F)c(-c4cccc(C)c4C(C)(F)F)ncc23)C1.CC12CCCN1CC(F)C2.CC1CCN1C. The molecule has 4 unspecified atom stereocenters. The molecule has 13 heteroatoms. The lowest BCUT2D eigenvalue weighted by Gasteiger charge is -2.34. The van der Waals surface area contributed by atoms with E-state index in [1.165, 1.54) is 51.3 Å². The summed E-state index contributed by atoms with van der Waals surface area (Å²) in [5, 5.41) is 0.306. The molecule has 3 aromatic rings. The number of ether oxygens (including phenoxy) is 1. The zero-order chi connectivity index (χ0) is 37.2. The normalized spacial score (nSPS) is 24.6. The number of aryl methyl sites for hydroxylation is 1. The van der Waals surface area contributed by atoms with Gasteiger partial charge in [0.1, 0.15) is 23.2 Å². The third kappa shape index (κ3) is 8.14. The van der Waals surface area contributed by atoms with E-state index in [0.717, 1.165) is 25.9 Å². The van der Waals surface area contributed by atoms with Crippen LogP contribution in [0.15, 0.2) is 37.1 Å². The number of pyridine rings is 1. The molecule has 1 amide bonds. The molecule has 0 N–H and O–H groups in total. The van der Waals surface area contributed by atoms with Crippen molar-refractivity contribution >= 4 is 22.6 Å². The molecule has 0 saturated carbocycles. The minimum absolute atomic E-state index is 0.00115. The van der Waals surface area contributed by atoms with E-state index in [-0.39, 0.29) is 45.8 Å². The van der Waals surface area contributed by atoms with Crippen LogP contribution < -0.4 is 9.64 Å². The number of nitrogens with zero attached hydrogens (tertiary/aromatic N) is 7. The van der Waals surface area contributed by atoms with Crippen LogP contribution in [0.5, 0.6) is 6.01 Å². The Labute approximate surface area is 298 Å². The fraction of sp³-hybridized carbons (Fsp3) is 0.579. The highest BCUT2D eigenvalue weighted by Crippen LogP contribution is 2.41. The highest BCUT2D eigenvalue weighted by atomic mass is 19.3. The number of fused-ring (bicyclic) bond motifs is 2. The summed E-state index contributed by atoms with van der Waals surface area (Å²) in [6, 6.07) is 5.26. The van der Waals surface area contributed by atoms with Crippen LogP contribution in [0, 0.1) is 12.7 Å². The molecule has 4 saturated heterocycles. The lowest BCUT2D eigenvalue weighted by Crippen LogP contribution is -2.41. The molecule has 2 aromatic heterocycles. The summed E-state index contributed by atoms with van der Waals surface area (Å²) in [6.07, 6.45) is 7.42. The number of likely N-dealkylation sites (tertiary alicyclic amines) is 2. The molecule has 4 atom stereocenters. The molecule has 9 nitrogen and oxygen atoms in total. The predicted molar refractivity (Wildman–Crippen MR) is 193 cm³/mol. The fourth-order valence-corrected chi connectivity index (χ4v) is 7.63. The number of methoxy groups -OCH3 is 1. The monoisotopic (exact) mass is 713 g/mol. The van der Waals surface area contributed by atoms with Crippen molar-refractivity contribution in [1.82, 2.24) is 29.7 Å². The van der Waals surface area contributed by atoms with Gasteiger partial charge in [0.15, 0.2) is 5.82 Å². The summed E-state index contributed by atoms with van der Waals surface area (Å²) in [5.74, 6) is -3.84. The van der Waals surface area contributed by atoms with Gasteiger partial charge in [-0.3, -0.25) is 14.7 Å². The first-order chi connectivity index (χ1) is 24.1. The summed E-state index contributed by atoms with van der Waals surface area (Å²) < 4.78 is 62.8. The smallest absolute Gasteiger partial charge is 0.318 e. The Morgan fingerprint density at radius 3 is 2.49 bits per heavy atom. The van der Waals surface area contributed by atoms with Gasteiger partial charge >= 0.3 is 6.01 Å². The Morgan fingerprint density at radius 1 is 1.18 bits per heavy atom. The predicted octanol–water partition coefficient (Wildman–Crippen LogP) is 6.78. The zero-order valence-corrected chi connectivity index (χ0v) is 30.9. The van der Waals surface area contributed by atoms with Crippen LogP contribution in [0.2, 0.25) is 0 Å². The molecule has 4 aliphatic heterocycles. The Hall–Kier alpha value is -3.84. The van der Waals surface area contributed by atoms with Crippen LogP contribution in [0.3, 0.4) is 0 Å². The summed E-state index contributed by atoms with van der Waals surface area (Å²) in [7, 11) is 5.31. The van der Waals surface area contributed by atoms with E-state index in [0.29, 0.717) is 42.8 Å². The number of carbonyl (C=O) groups is 1. The zero-order valence-electron chi connectivity index (χ0n) is 30.9. The molecule has 6 heterocycles. The number of aromatic nitrogens is 3. The van der Waals surface area contributed by atoms with E-state index in [4.69, 9.17) is 4.74 Å². The van der Waals surface area contributed by atoms with E-state index in [1.54, 1.807) is 31.0 Å². The summed E-state index contributed by atoms with van der Waals surface area (Å²) >= 11 is 0. The van der Waals surface area contributed by atoms with Crippen LogP contribution in [0.25, 0.3) is 22.2 Å². The van der Waals surface area contributed by atoms with Crippen molar-refractivity contribution in [2.45, 2.75) is 89.5 Å². The summed E-state index contributed by atoms with van der Waals surface area (Å²) in [4.78, 5) is 33.0. The first-order valence-corrected chi connectivity index (χ1v) is 17.7. The molecule has 7 rings (SSSR count). The Kier molecular flexibility index (Phi) is 11.6. The number of hydrogen-bond donors (Lipinski definition) is 0. The molecule has 0 spiro atoms. The van der Waals surface area contributed by atoms with E-state index in [2.05, 4.69) is 52.2 Å². The van der Waals surface area contributed by atoms with Crippen LogP contribution in [-0.2, 0) is 10.7 Å².